The third-order valence-corrected chi connectivity index (χ3v) is 2.26. The Labute approximate surface area is 93.7 Å². The number of H-pyrrole nitrogens is 1. The molecule has 0 aliphatic rings. The molecule has 0 fully saturated rings. The predicted octanol–water partition coefficient (Wildman–Crippen LogP) is 1.38. The molecule has 16 heavy (non-hydrogen) atoms. The summed E-state index contributed by atoms with van der Waals surface area (Å²) < 4.78 is 0. The minimum Gasteiger partial charge on any atom is -0.349 e. The molecule has 82 valence electrons. The maximum atomic E-state index is 11.5. The topological polar surface area (TPSA) is 57.8 Å². The lowest BCUT2D eigenvalue weighted by atomic mass is 10.1. The summed E-state index contributed by atoms with van der Waals surface area (Å²) in [5, 5.41) is 2.80. The lowest BCUT2D eigenvalue weighted by Crippen LogP contribution is -2.26. The highest BCUT2D eigenvalue weighted by Crippen LogP contribution is 1.98. The Morgan fingerprint density at radius 2 is 2.12 bits per heavy atom. The minimum absolute atomic E-state index is 0.166. The second kappa shape index (κ2) is 5.11. The van der Waals surface area contributed by atoms with E-state index >= 15 is 0 Å². The molecule has 2 N–H and O–H groups in total. The molecule has 1 amide bonds. The molecule has 0 radical (unpaired) electrons. The fourth-order valence-corrected chi connectivity index (χ4v) is 1.44. The van der Waals surface area contributed by atoms with Crippen LogP contribution >= 0.6 is 0 Å². The Bertz CT molecular complexity index is 437. The number of carbonyl (C=O) groups excluding carboxylic acids is 1. The first-order chi connectivity index (χ1) is 7.86. The van der Waals surface area contributed by atoms with Crippen molar-refractivity contribution in [3.63, 3.8) is 0 Å². The first-order valence-corrected chi connectivity index (χ1v) is 5.18. The number of carbonyl (C=O) groups is 1. The third-order valence-electron chi connectivity index (χ3n) is 2.26. The fraction of sp³-hybridized carbons (Fsp3) is 0.167. The minimum atomic E-state index is -0.166. The van der Waals surface area contributed by atoms with Crippen LogP contribution in [0.2, 0.25) is 0 Å². The van der Waals surface area contributed by atoms with Gasteiger partial charge in [0.15, 0.2) is 5.82 Å². The maximum Gasteiger partial charge on any atom is 0.287 e. The van der Waals surface area contributed by atoms with E-state index in [1.54, 1.807) is 12.4 Å². The van der Waals surface area contributed by atoms with Crippen molar-refractivity contribution in [1.29, 1.82) is 0 Å². The molecule has 1 heterocycles. The van der Waals surface area contributed by atoms with Gasteiger partial charge in [-0.25, -0.2) is 4.98 Å². The lowest BCUT2D eigenvalue weighted by molar-refractivity contribution is 0.0945. The van der Waals surface area contributed by atoms with Crippen molar-refractivity contribution >= 4 is 5.91 Å². The summed E-state index contributed by atoms with van der Waals surface area (Å²) >= 11 is 0. The molecule has 1 aromatic heterocycles. The Morgan fingerprint density at radius 3 is 2.81 bits per heavy atom. The smallest absolute Gasteiger partial charge is 0.287 e. The molecule has 0 saturated carbocycles. The van der Waals surface area contributed by atoms with Gasteiger partial charge in [-0.2, -0.15) is 0 Å². The van der Waals surface area contributed by atoms with Crippen LogP contribution in [-0.4, -0.2) is 22.4 Å². The van der Waals surface area contributed by atoms with Crippen LogP contribution in [-0.2, 0) is 6.42 Å². The van der Waals surface area contributed by atoms with Crippen LogP contribution in [0.4, 0.5) is 0 Å². The number of hydrogen-bond donors (Lipinski definition) is 2. The van der Waals surface area contributed by atoms with Gasteiger partial charge >= 0.3 is 0 Å². The van der Waals surface area contributed by atoms with Crippen molar-refractivity contribution < 1.29 is 4.79 Å². The summed E-state index contributed by atoms with van der Waals surface area (Å²) in [7, 11) is 0. The van der Waals surface area contributed by atoms with Crippen molar-refractivity contribution in [2.45, 2.75) is 6.42 Å². The number of amides is 1. The summed E-state index contributed by atoms with van der Waals surface area (Å²) in [6.45, 7) is 0.615. The van der Waals surface area contributed by atoms with Crippen LogP contribution in [0.5, 0.6) is 0 Å². The predicted molar refractivity (Wildman–Crippen MR) is 61.1 cm³/mol. The molecule has 2 rings (SSSR count). The molecule has 1 aromatic carbocycles. The van der Waals surface area contributed by atoms with Gasteiger partial charge in [0.05, 0.1) is 0 Å². The molecular weight excluding hydrogens is 202 g/mol. The van der Waals surface area contributed by atoms with Crippen molar-refractivity contribution in [3.05, 3.63) is 54.1 Å². The highest BCUT2D eigenvalue weighted by molar-refractivity contribution is 5.90. The van der Waals surface area contributed by atoms with E-state index in [-0.39, 0.29) is 5.91 Å². The normalized spacial score (nSPS) is 10.0. The Morgan fingerprint density at radius 1 is 1.31 bits per heavy atom. The monoisotopic (exact) mass is 215 g/mol. The van der Waals surface area contributed by atoms with Crippen LogP contribution in [0.3, 0.4) is 0 Å². The van der Waals surface area contributed by atoms with E-state index in [1.807, 2.05) is 30.3 Å². The van der Waals surface area contributed by atoms with Crippen molar-refractivity contribution in [1.82, 2.24) is 15.3 Å². The standard InChI is InChI=1S/C12H13N3O/c16-12(11-13-8-9-14-11)15-7-6-10-4-2-1-3-5-10/h1-5,8-9H,6-7H2,(H,13,14)(H,15,16). The molecule has 4 nitrogen and oxygen atoms in total. The zero-order valence-corrected chi connectivity index (χ0v) is 8.81. The van der Waals surface area contributed by atoms with Gasteiger partial charge in [0.2, 0.25) is 0 Å². The van der Waals surface area contributed by atoms with Gasteiger partial charge in [0, 0.05) is 18.9 Å². The van der Waals surface area contributed by atoms with Gasteiger partial charge in [0.25, 0.3) is 5.91 Å². The fourth-order valence-electron chi connectivity index (χ4n) is 1.44. The quantitative estimate of drug-likeness (QED) is 0.809. The number of benzene rings is 1. The zero-order valence-electron chi connectivity index (χ0n) is 8.81. The summed E-state index contributed by atoms with van der Waals surface area (Å²) in [5.41, 5.74) is 1.21. The molecule has 0 spiro atoms. The zero-order chi connectivity index (χ0) is 11.2. The summed E-state index contributed by atoms with van der Waals surface area (Å²) in [5.74, 6) is 0.189. The summed E-state index contributed by atoms with van der Waals surface area (Å²) in [6, 6.07) is 10.0. The number of nitrogens with zero attached hydrogens (tertiary/aromatic N) is 1. The van der Waals surface area contributed by atoms with Crippen LogP contribution in [0.25, 0.3) is 0 Å². The van der Waals surface area contributed by atoms with Crippen LogP contribution in [0.15, 0.2) is 42.7 Å². The van der Waals surface area contributed by atoms with E-state index in [2.05, 4.69) is 15.3 Å². The van der Waals surface area contributed by atoms with Gasteiger partial charge < -0.3 is 10.3 Å². The van der Waals surface area contributed by atoms with E-state index < -0.39 is 0 Å². The van der Waals surface area contributed by atoms with Crippen LogP contribution in [0.1, 0.15) is 16.2 Å². The maximum absolute atomic E-state index is 11.5. The Hall–Kier alpha value is -2.10. The summed E-state index contributed by atoms with van der Waals surface area (Å²) in [6.07, 6.45) is 4.02. The molecule has 0 bridgehead atoms. The lowest BCUT2D eigenvalue weighted by Gasteiger charge is -2.03. The highest BCUT2D eigenvalue weighted by atomic mass is 16.2. The molecule has 0 atom stereocenters. The molecule has 0 aliphatic heterocycles. The largest absolute Gasteiger partial charge is 0.349 e. The highest BCUT2D eigenvalue weighted by Gasteiger charge is 2.05. The molecule has 4 heteroatoms. The average molecular weight is 215 g/mol. The van der Waals surface area contributed by atoms with Crippen LogP contribution in [0, 0.1) is 0 Å². The molecule has 0 unspecified atom stereocenters. The van der Waals surface area contributed by atoms with Gasteiger partial charge in [0.1, 0.15) is 0 Å². The van der Waals surface area contributed by atoms with Crippen molar-refractivity contribution in [2.24, 2.45) is 0 Å². The Balaban J connectivity index is 1.79. The number of hydrogen-bond acceptors (Lipinski definition) is 2. The number of nitrogens with one attached hydrogen (secondary N) is 2. The number of aromatic nitrogens is 2. The molecular formula is C12H13N3O. The van der Waals surface area contributed by atoms with E-state index in [4.69, 9.17) is 0 Å². The number of rotatable bonds is 4. The van der Waals surface area contributed by atoms with Gasteiger partial charge in [-0.3, -0.25) is 4.79 Å². The van der Waals surface area contributed by atoms with Crippen molar-refractivity contribution in [2.75, 3.05) is 6.54 Å². The molecule has 0 saturated heterocycles. The first kappa shape index (κ1) is 10.4. The second-order valence-corrected chi connectivity index (χ2v) is 3.43. The van der Waals surface area contributed by atoms with E-state index in [1.165, 1.54) is 5.56 Å². The summed E-state index contributed by atoms with van der Waals surface area (Å²) in [4.78, 5) is 18.1. The van der Waals surface area contributed by atoms with Gasteiger partial charge in [-0.15, -0.1) is 0 Å². The van der Waals surface area contributed by atoms with Crippen LogP contribution < -0.4 is 5.32 Å². The van der Waals surface area contributed by atoms with Crippen molar-refractivity contribution in [3.8, 4) is 0 Å². The average Bonchev–Trinajstić information content (AvgIpc) is 2.84. The Kier molecular flexibility index (Phi) is 3.33. The van der Waals surface area contributed by atoms with E-state index in [0.717, 1.165) is 6.42 Å². The molecule has 2 aromatic rings. The second-order valence-electron chi connectivity index (χ2n) is 3.43. The SMILES string of the molecule is O=C(NCCc1ccccc1)c1ncc[nH]1. The van der Waals surface area contributed by atoms with Gasteiger partial charge in [-0.1, -0.05) is 30.3 Å². The molecule has 0 aliphatic carbocycles. The van der Waals surface area contributed by atoms with E-state index in [9.17, 15) is 4.79 Å². The van der Waals surface area contributed by atoms with E-state index in [0.29, 0.717) is 12.4 Å². The van der Waals surface area contributed by atoms with Gasteiger partial charge in [-0.05, 0) is 12.0 Å². The number of imidazole rings is 1. The first-order valence-electron chi connectivity index (χ1n) is 5.18. The third kappa shape index (κ3) is 2.70. The number of aromatic amines is 1.